The molecular weight excluding hydrogens is 382 g/mol. The van der Waals surface area contributed by atoms with Gasteiger partial charge in [-0.25, -0.2) is 18.2 Å². The number of amides is 1. The van der Waals surface area contributed by atoms with Crippen molar-refractivity contribution in [3.05, 3.63) is 29.8 Å². The maximum atomic E-state index is 12.4. The molecular formula is C17H21N7O3S. The summed E-state index contributed by atoms with van der Waals surface area (Å²) in [5.41, 5.74) is 0.284. The molecule has 1 fully saturated rings. The van der Waals surface area contributed by atoms with Gasteiger partial charge in [0.25, 0.3) is 5.91 Å². The van der Waals surface area contributed by atoms with Gasteiger partial charge in [-0.3, -0.25) is 10.1 Å². The second-order valence-electron chi connectivity index (χ2n) is 6.32. The van der Waals surface area contributed by atoms with Crippen molar-refractivity contribution in [1.29, 1.82) is 5.26 Å². The van der Waals surface area contributed by atoms with Gasteiger partial charge in [-0.1, -0.05) is 0 Å². The summed E-state index contributed by atoms with van der Waals surface area (Å²) in [5.74, 6) is 0.364. The zero-order valence-electron chi connectivity index (χ0n) is 15.2. The van der Waals surface area contributed by atoms with Gasteiger partial charge in [-0.15, -0.1) is 5.10 Å². The lowest BCUT2D eigenvalue weighted by Gasteiger charge is -2.24. The van der Waals surface area contributed by atoms with Crippen LogP contribution in [-0.4, -0.2) is 49.1 Å². The first-order valence-corrected chi connectivity index (χ1v) is 10.4. The Kier molecular flexibility index (Phi) is 6.23. The van der Waals surface area contributed by atoms with Crippen LogP contribution in [0, 0.1) is 11.3 Å². The largest absolute Gasteiger partial charge is 0.340 e. The number of carbonyl (C=O) groups is 1. The van der Waals surface area contributed by atoms with Crippen molar-refractivity contribution in [2.45, 2.75) is 30.6 Å². The summed E-state index contributed by atoms with van der Waals surface area (Å²) in [5, 5.41) is 17.9. The molecule has 0 radical (unpaired) electrons. The van der Waals surface area contributed by atoms with Crippen LogP contribution >= 0.6 is 0 Å². The normalized spacial score (nSPS) is 14.5. The summed E-state index contributed by atoms with van der Waals surface area (Å²) in [7, 11) is -3.71. The molecule has 0 atom stereocenters. The van der Waals surface area contributed by atoms with Crippen molar-refractivity contribution < 1.29 is 13.2 Å². The average Bonchev–Trinajstić information content (AvgIpc) is 3.17. The summed E-state index contributed by atoms with van der Waals surface area (Å²) < 4.78 is 26.5. The molecule has 28 heavy (non-hydrogen) atoms. The van der Waals surface area contributed by atoms with Crippen molar-refractivity contribution in [3.8, 4) is 6.07 Å². The molecule has 0 saturated carbocycles. The molecule has 0 aliphatic carbocycles. The van der Waals surface area contributed by atoms with Crippen LogP contribution in [0.2, 0.25) is 0 Å². The Morgan fingerprint density at radius 2 is 1.93 bits per heavy atom. The van der Waals surface area contributed by atoms with E-state index in [1.807, 2.05) is 6.07 Å². The van der Waals surface area contributed by atoms with Crippen LogP contribution in [0.1, 0.15) is 36.0 Å². The number of sulfonamides is 1. The average molecular weight is 403 g/mol. The van der Waals surface area contributed by atoms with E-state index in [1.54, 1.807) is 0 Å². The number of aromatic amines is 1. The molecule has 10 nitrogen and oxygen atoms in total. The highest BCUT2D eigenvalue weighted by atomic mass is 32.2. The van der Waals surface area contributed by atoms with Gasteiger partial charge < -0.3 is 4.90 Å². The van der Waals surface area contributed by atoms with E-state index in [2.05, 4.69) is 30.1 Å². The van der Waals surface area contributed by atoms with Gasteiger partial charge in [0.2, 0.25) is 21.9 Å². The minimum Gasteiger partial charge on any atom is -0.340 e. The topological polar surface area (TPSA) is 144 Å². The number of hydrogen-bond donors (Lipinski definition) is 3. The molecule has 11 heteroatoms. The summed E-state index contributed by atoms with van der Waals surface area (Å²) >= 11 is 0. The number of hydrogen-bond acceptors (Lipinski definition) is 7. The van der Waals surface area contributed by atoms with E-state index < -0.39 is 15.9 Å². The Morgan fingerprint density at radius 3 is 2.61 bits per heavy atom. The molecule has 1 aliphatic rings. The molecule has 148 valence electrons. The van der Waals surface area contributed by atoms with Crippen LogP contribution in [0.15, 0.2) is 29.2 Å². The van der Waals surface area contributed by atoms with Gasteiger partial charge >= 0.3 is 0 Å². The summed E-state index contributed by atoms with van der Waals surface area (Å²) in [6.07, 6.45) is 3.47. The van der Waals surface area contributed by atoms with Crippen molar-refractivity contribution in [1.82, 2.24) is 19.9 Å². The second-order valence-corrected chi connectivity index (χ2v) is 8.08. The number of nitrogens with zero attached hydrogens (tertiary/aromatic N) is 4. The predicted molar refractivity (Wildman–Crippen MR) is 102 cm³/mol. The summed E-state index contributed by atoms with van der Waals surface area (Å²) in [6, 6.07) is 7.36. The van der Waals surface area contributed by atoms with E-state index in [1.165, 1.54) is 30.7 Å². The van der Waals surface area contributed by atoms with Gasteiger partial charge in [-0.2, -0.15) is 10.2 Å². The van der Waals surface area contributed by atoms with E-state index >= 15 is 0 Å². The summed E-state index contributed by atoms with van der Waals surface area (Å²) in [6.45, 7) is 1.82. The molecule has 0 unspecified atom stereocenters. The van der Waals surface area contributed by atoms with Gasteiger partial charge in [0.1, 0.15) is 0 Å². The SMILES string of the molecule is N#CCCNS(=O)(=O)c1ccc(C(=O)Nc2nc(N3CCCCC3)n[nH]2)cc1. The third-order valence-corrected chi connectivity index (χ3v) is 5.78. The highest BCUT2D eigenvalue weighted by Gasteiger charge is 2.17. The number of piperidine rings is 1. The molecule has 2 aromatic rings. The van der Waals surface area contributed by atoms with E-state index in [4.69, 9.17) is 5.26 Å². The first-order valence-electron chi connectivity index (χ1n) is 8.95. The smallest absolute Gasteiger partial charge is 0.258 e. The lowest BCUT2D eigenvalue weighted by Crippen LogP contribution is -2.30. The number of benzene rings is 1. The van der Waals surface area contributed by atoms with Gasteiger partial charge in [0, 0.05) is 31.6 Å². The quantitative estimate of drug-likeness (QED) is 0.590. The molecule has 1 aliphatic heterocycles. The van der Waals surface area contributed by atoms with Gasteiger partial charge in [0.05, 0.1) is 11.0 Å². The van der Waals surface area contributed by atoms with Crippen LogP contribution in [0.5, 0.6) is 0 Å². The fraction of sp³-hybridized carbons (Fsp3) is 0.412. The molecule has 1 saturated heterocycles. The third kappa shape index (κ3) is 4.85. The highest BCUT2D eigenvalue weighted by Crippen LogP contribution is 2.17. The predicted octanol–water partition coefficient (Wildman–Crippen LogP) is 1.24. The number of rotatable bonds is 7. The Hall–Kier alpha value is -2.97. The molecule has 1 amide bonds. The van der Waals surface area contributed by atoms with Crippen LogP contribution in [0.25, 0.3) is 0 Å². The minimum atomic E-state index is -3.71. The molecule has 3 N–H and O–H groups in total. The van der Waals surface area contributed by atoms with Gasteiger partial charge in [0.15, 0.2) is 0 Å². The monoisotopic (exact) mass is 403 g/mol. The number of carbonyl (C=O) groups excluding carboxylic acids is 1. The number of H-pyrrole nitrogens is 1. The highest BCUT2D eigenvalue weighted by molar-refractivity contribution is 7.89. The van der Waals surface area contributed by atoms with Crippen molar-refractivity contribution in [3.63, 3.8) is 0 Å². The molecule has 1 aromatic heterocycles. The second kappa shape index (κ2) is 8.81. The number of anilines is 2. The van der Waals surface area contributed by atoms with Crippen LogP contribution in [0.3, 0.4) is 0 Å². The number of nitriles is 1. The fourth-order valence-corrected chi connectivity index (χ4v) is 3.87. The molecule has 2 heterocycles. The first kappa shape index (κ1) is 19.8. The lowest BCUT2D eigenvalue weighted by molar-refractivity contribution is 0.102. The Bertz CT molecular complexity index is 957. The van der Waals surface area contributed by atoms with Gasteiger partial charge in [-0.05, 0) is 43.5 Å². The van der Waals surface area contributed by atoms with E-state index in [9.17, 15) is 13.2 Å². The number of aromatic nitrogens is 3. The first-order chi connectivity index (χ1) is 13.5. The molecule has 1 aromatic carbocycles. The molecule has 0 bridgehead atoms. The van der Waals surface area contributed by atoms with E-state index in [0.29, 0.717) is 5.95 Å². The maximum absolute atomic E-state index is 12.4. The van der Waals surface area contributed by atoms with Crippen LogP contribution in [-0.2, 0) is 10.0 Å². The molecule has 0 spiro atoms. The van der Waals surface area contributed by atoms with Crippen LogP contribution < -0.4 is 14.9 Å². The fourth-order valence-electron chi connectivity index (χ4n) is 2.83. The van der Waals surface area contributed by atoms with E-state index in [-0.39, 0.29) is 29.4 Å². The standard InChI is InChI=1S/C17H21N7O3S/c18-9-4-10-19-28(26,27)14-7-5-13(6-8-14)15(25)20-16-21-17(23-22-16)24-11-2-1-3-12-24/h5-8,19H,1-4,10-12H2,(H2,20,21,22,23,25). The van der Waals surface area contributed by atoms with Crippen molar-refractivity contribution in [2.24, 2.45) is 0 Å². The van der Waals surface area contributed by atoms with Crippen LogP contribution in [0.4, 0.5) is 11.9 Å². The zero-order chi connectivity index (χ0) is 20.0. The van der Waals surface area contributed by atoms with E-state index in [0.717, 1.165) is 25.9 Å². The Balaban J connectivity index is 1.62. The van der Waals surface area contributed by atoms with Crippen molar-refractivity contribution >= 4 is 27.8 Å². The number of nitrogens with one attached hydrogen (secondary N) is 3. The molecule has 3 rings (SSSR count). The summed E-state index contributed by atoms with van der Waals surface area (Å²) in [4.78, 5) is 18.7. The lowest BCUT2D eigenvalue weighted by atomic mass is 10.1. The minimum absolute atomic E-state index is 0.0223. The zero-order valence-corrected chi connectivity index (χ0v) is 16.0. The third-order valence-electron chi connectivity index (χ3n) is 4.30. The Morgan fingerprint density at radius 1 is 1.21 bits per heavy atom. The Labute approximate surface area is 163 Å². The maximum Gasteiger partial charge on any atom is 0.258 e. The van der Waals surface area contributed by atoms with Crippen molar-refractivity contribution in [2.75, 3.05) is 29.9 Å².